The Morgan fingerprint density at radius 1 is 1.40 bits per heavy atom. The quantitative estimate of drug-likeness (QED) is 0.913. The standard InChI is InChI=1S/C17H24N2O/c1-12-5-6-14-7-8-16(15(14)10-12)18-13(2)11-19-9-3-4-17(19)20/h5-6,10,13,16,18H,3-4,7-9,11H2,1-2H3. The molecule has 0 saturated carbocycles. The van der Waals surface area contributed by atoms with Gasteiger partial charge in [0.1, 0.15) is 0 Å². The van der Waals surface area contributed by atoms with E-state index < -0.39 is 0 Å². The van der Waals surface area contributed by atoms with Crippen molar-refractivity contribution in [2.24, 2.45) is 0 Å². The van der Waals surface area contributed by atoms with E-state index in [2.05, 4.69) is 37.4 Å². The zero-order valence-electron chi connectivity index (χ0n) is 12.5. The fraction of sp³-hybridized carbons (Fsp3) is 0.588. The summed E-state index contributed by atoms with van der Waals surface area (Å²) in [6.07, 6.45) is 4.11. The van der Waals surface area contributed by atoms with Crippen molar-refractivity contribution in [2.75, 3.05) is 13.1 Å². The van der Waals surface area contributed by atoms with Gasteiger partial charge in [-0.2, -0.15) is 0 Å². The molecule has 1 N–H and O–H groups in total. The third-order valence-corrected chi connectivity index (χ3v) is 4.53. The van der Waals surface area contributed by atoms with Crippen LogP contribution >= 0.6 is 0 Å². The maximum absolute atomic E-state index is 11.7. The minimum absolute atomic E-state index is 0.321. The van der Waals surface area contributed by atoms with Gasteiger partial charge in [-0.25, -0.2) is 0 Å². The first-order chi connectivity index (χ1) is 9.63. The summed E-state index contributed by atoms with van der Waals surface area (Å²) in [5, 5.41) is 3.72. The molecule has 0 radical (unpaired) electrons. The fourth-order valence-corrected chi connectivity index (χ4v) is 3.52. The fourth-order valence-electron chi connectivity index (χ4n) is 3.52. The smallest absolute Gasteiger partial charge is 0.222 e. The zero-order valence-corrected chi connectivity index (χ0v) is 12.5. The molecule has 20 heavy (non-hydrogen) atoms. The van der Waals surface area contributed by atoms with Crippen molar-refractivity contribution >= 4 is 5.91 Å². The molecule has 1 aliphatic heterocycles. The van der Waals surface area contributed by atoms with E-state index in [4.69, 9.17) is 0 Å². The van der Waals surface area contributed by atoms with Gasteiger partial charge in [0, 0.05) is 31.6 Å². The number of rotatable bonds is 4. The highest BCUT2D eigenvalue weighted by Gasteiger charge is 2.26. The van der Waals surface area contributed by atoms with Gasteiger partial charge in [0.15, 0.2) is 0 Å². The van der Waals surface area contributed by atoms with E-state index in [1.54, 1.807) is 0 Å². The Morgan fingerprint density at radius 2 is 2.25 bits per heavy atom. The van der Waals surface area contributed by atoms with Crippen LogP contribution in [-0.2, 0) is 11.2 Å². The summed E-state index contributed by atoms with van der Waals surface area (Å²) in [5.74, 6) is 0.321. The van der Waals surface area contributed by atoms with Crippen molar-refractivity contribution in [2.45, 2.75) is 51.6 Å². The Labute approximate surface area is 121 Å². The normalized spacial score (nSPS) is 23.2. The topological polar surface area (TPSA) is 32.3 Å². The number of carbonyl (C=O) groups is 1. The number of amides is 1. The number of aryl methyl sites for hydroxylation is 2. The van der Waals surface area contributed by atoms with Gasteiger partial charge in [0.2, 0.25) is 5.91 Å². The molecule has 0 spiro atoms. The number of carbonyl (C=O) groups excluding carboxylic acids is 1. The van der Waals surface area contributed by atoms with Crippen molar-refractivity contribution in [3.8, 4) is 0 Å². The SMILES string of the molecule is Cc1ccc2c(c1)C(NC(C)CN1CCCC1=O)CC2. The molecule has 1 aromatic carbocycles. The molecule has 3 rings (SSSR count). The van der Waals surface area contributed by atoms with Crippen molar-refractivity contribution in [1.82, 2.24) is 10.2 Å². The van der Waals surface area contributed by atoms with E-state index in [1.807, 2.05) is 4.90 Å². The van der Waals surface area contributed by atoms with E-state index in [0.717, 1.165) is 25.9 Å². The van der Waals surface area contributed by atoms with Crippen LogP contribution in [0.2, 0.25) is 0 Å². The van der Waals surface area contributed by atoms with Crippen LogP contribution in [0.4, 0.5) is 0 Å². The third-order valence-electron chi connectivity index (χ3n) is 4.53. The van der Waals surface area contributed by atoms with Crippen LogP contribution in [0.5, 0.6) is 0 Å². The minimum atomic E-state index is 0.321. The third kappa shape index (κ3) is 2.73. The van der Waals surface area contributed by atoms with Crippen LogP contribution in [0.3, 0.4) is 0 Å². The van der Waals surface area contributed by atoms with Gasteiger partial charge in [0.25, 0.3) is 0 Å². The largest absolute Gasteiger partial charge is 0.341 e. The highest BCUT2D eigenvalue weighted by Crippen LogP contribution is 2.32. The van der Waals surface area contributed by atoms with Crippen molar-refractivity contribution in [3.63, 3.8) is 0 Å². The second-order valence-corrected chi connectivity index (χ2v) is 6.30. The van der Waals surface area contributed by atoms with Crippen LogP contribution in [0.15, 0.2) is 18.2 Å². The van der Waals surface area contributed by atoms with Crippen LogP contribution in [0.1, 0.15) is 48.9 Å². The van der Waals surface area contributed by atoms with Crippen LogP contribution < -0.4 is 5.32 Å². The highest BCUT2D eigenvalue weighted by atomic mass is 16.2. The lowest BCUT2D eigenvalue weighted by Gasteiger charge is -2.25. The minimum Gasteiger partial charge on any atom is -0.341 e. The molecule has 2 atom stereocenters. The summed E-state index contributed by atoms with van der Waals surface area (Å²) in [4.78, 5) is 13.7. The molecular formula is C17H24N2O. The van der Waals surface area contributed by atoms with Gasteiger partial charge in [-0.15, -0.1) is 0 Å². The average Bonchev–Trinajstić information content (AvgIpc) is 2.98. The molecule has 0 bridgehead atoms. The van der Waals surface area contributed by atoms with Crippen LogP contribution in [0, 0.1) is 6.92 Å². The van der Waals surface area contributed by atoms with Gasteiger partial charge in [-0.1, -0.05) is 23.8 Å². The number of benzene rings is 1. The first-order valence-electron chi connectivity index (χ1n) is 7.77. The molecule has 2 unspecified atom stereocenters. The second kappa shape index (κ2) is 5.57. The lowest BCUT2D eigenvalue weighted by Crippen LogP contribution is -2.40. The lowest BCUT2D eigenvalue weighted by atomic mass is 10.0. The number of nitrogens with zero attached hydrogens (tertiary/aromatic N) is 1. The summed E-state index contributed by atoms with van der Waals surface area (Å²) in [7, 11) is 0. The maximum Gasteiger partial charge on any atom is 0.222 e. The number of likely N-dealkylation sites (tertiary alicyclic amines) is 1. The molecule has 0 aromatic heterocycles. The molecule has 108 valence electrons. The number of nitrogens with one attached hydrogen (secondary N) is 1. The Kier molecular flexibility index (Phi) is 3.79. The van der Waals surface area contributed by atoms with E-state index in [-0.39, 0.29) is 0 Å². The Hall–Kier alpha value is -1.35. The van der Waals surface area contributed by atoms with Gasteiger partial charge in [-0.3, -0.25) is 4.79 Å². The van der Waals surface area contributed by atoms with Gasteiger partial charge < -0.3 is 10.2 Å². The van der Waals surface area contributed by atoms with E-state index in [1.165, 1.54) is 29.5 Å². The number of fused-ring (bicyclic) bond motifs is 1. The molecule has 1 aliphatic carbocycles. The highest BCUT2D eigenvalue weighted by molar-refractivity contribution is 5.78. The molecule has 3 nitrogen and oxygen atoms in total. The Bertz CT molecular complexity index is 512. The van der Waals surface area contributed by atoms with Gasteiger partial charge >= 0.3 is 0 Å². The molecular weight excluding hydrogens is 248 g/mol. The predicted molar refractivity (Wildman–Crippen MR) is 80.7 cm³/mol. The van der Waals surface area contributed by atoms with Crippen molar-refractivity contribution in [3.05, 3.63) is 34.9 Å². The predicted octanol–water partition coefficient (Wildman–Crippen LogP) is 2.58. The first kappa shape index (κ1) is 13.6. The van der Waals surface area contributed by atoms with Crippen molar-refractivity contribution in [1.29, 1.82) is 0 Å². The van der Waals surface area contributed by atoms with Crippen molar-refractivity contribution < 1.29 is 4.79 Å². The average molecular weight is 272 g/mol. The summed E-state index contributed by atoms with van der Waals surface area (Å²) in [5.41, 5.74) is 4.28. The molecule has 3 heteroatoms. The first-order valence-corrected chi connectivity index (χ1v) is 7.77. The molecule has 1 amide bonds. The van der Waals surface area contributed by atoms with Gasteiger partial charge in [0.05, 0.1) is 0 Å². The molecule has 1 fully saturated rings. The molecule has 1 heterocycles. The monoisotopic (exact) mass is 272 g/mol. The van der Waals surface area contributed by atoms with E-state index >= 15 is 0 Å². The summed E-state index contributed by atoms with van der Waals surface area (Å²) >= 11 is 0. The van der Waals surface area contributed by atoms with Crippen LogP contribution in [-0.4, -0.2) is 29.9 Å². The summed E-state index contributed by atoms with van der Waals surface area (Å²) in [6.45, 7) is 6.13. The van der Waals surface area contributed by atoms with E-state index in [9.17, 15) is 4.79 Å². The Morgan fingerprint density at radius 3 is 3.00 bits per heavy atom. The lowest BCUT2D eigenvalue weighted by molar-refractivity contribution is -0.127. The number of hydrogen-bond donors (Lipinski definition) is 1. The summed E-state index contributed by atoms with van der Waals surface area (Å²) in [6, 6.07) is 7.59. The van der Waals surface area contributed by atoms with E-state index in [0.29, 0.717) is 18.0 Å². The Balaban J connectivity index is 1.62. The second-order valence-electron chi connectivity index (χ2n) is 6.30. The van der Waals surface area contributed by atoms with Crippen LogP contribution in [0.25, 0.3) is 0 Å². The molecule has 2 aliphatic rings. The summed E-state index contributed by atoms with van der Waals surface area (Å²) < 4.78 is 0. The molecule has 1 saturated heterocycles. The maximum atomic E-state index is 11.7. The number of hydrogen-bond acceptors (Lipinski definition) is 2. The van der Waals surface area contributed by atoms with Gasteiger partial charge in [-0.05, 0) is 44.2 Å². The zero-order chi connectivity index (χ0) is 14.1. The molecule has 1 aromatic rings.